The molecule has 2 nitrogen and oxygen atoms in total. The van der Waals surface area contributed by atoms with Gasteiger partial charge in [0.05, 0.1) is 0 Å². The van der Waals surface area contributed by atoms with E-state index in [1.165, 1.54) is 44.5 Å². The third-order valence-electron chi connectivity index (χ3n) is 4.03. The molecule has 0 spiro atoms. The van der Waals surface area contributed by atoms with Crippen LogP contribution >= 0.6 is 0 Å². The van der Waals surface area contributed by atoms with E-state index in [1.807, 2.05) is 0 Å². The predicted octanol–water partition coefficient (Wildman–Crippen LogP) is 3.07. The Hall–Kier alpha value is -0.860. The van der Waals surface area contributed by atoms with Crippen LogP contribution in [0.2, 0.25) is 0 Å². The highest BCUT2D eigenvalue weighted by molar-refractivity contribution is 5.19. The van der Waals surface area contributed by atoms with E-state index in [1.54, 1.807) is 0 Å². The summed E-state index contributed by atoms with van der Waals surface area (Å²) in [6, 6.07) is 11.3. The predicted molar refractivity (Wildman–Crippen MR) is 77.7 cm³/mol. The lowest BCUT2D eigenvalue weighted by Crippen LogP contribution is -2.37. The lowest BCUT2D eigenvalue weighted by molar-refractivity contribution is 0.183. The summed E-state index contributed by atoms with van der Waals surface area (Å²) in [5.74, 6) is 0.649. The van der Waals surface area contributed by atoms with Gasteiger partial charge in [0, 0.05) is 12.6 Å². The van der Waals surface area contributed by atoms with E-state index in [0.717, 1.165) is 0 Å². The fraction of sp³-hybridized carbons (Fsp3) is 0.625. The summed E-state index contributed by atoms with van der Waals surface area (Å²) in [5.41, 5.74) is 1.41. The molecule has 1 fully saturated rings. The van der Waals surface area contributed by atoms with E-state index >= 15 is 0 Å². The van der Waals surface area contributed by atoms with Gasteiger partial charge in [-0.2, -0.15) is 0 Å². The van der Waals surface area contributed by atoms with E-state index in [4.69, 9.17) is 0 Å². The number of nitrogens with zero attached hydrogens (tertiary/aromatic N) is 1. The Kier molecular flexibility index (Phi) is 5.21. The number of piperidine rings is 1. The molecule has 1 aliphatic rings. The standard InChI is InChI=1S/C16H26N2/c1-14(13-18-11-7-4-8-12-18)16(17-2)15-9-5-3-6-10-15/h3,5-6,9-10,14,16-17H,4,7-8,11-13H2,1-2H3. The average molecular weight is 246 g/mol. The molecule has 0 aliphatic carbocycles. The van der Waals surface area contributed by atoms with Gasteiger partial charge in [0.1, 0.15) is 0 Å². The van der Waals surface area contributed by atoms with Gasteiger partial charge in [0.2, 0.25) is 0 Å². The summed E-state index contributed by atoms with van der Waals surface area (Å²) in [5, 5.41) is 3.48. The largest absolute Gasteiger partial charge is 0.313 e. The van der Waals surface area contributed by atoms with Crippen LogP contribution in [-0.2, 0) is 0 Å². The summed E-state index contributed by atoms with van der Waals surface area (Å²) in [6.45, 7) is 6.15. The molecular weight excluding hydrogens is 220 g/mol. The molecule has 0 amide bonds. The van der Waals surface area contributed by atoms with Crippen LogP contribution in [0.1, 0.15) is 37.8 Å². The molecule has 0 radical (unpaired) electrons. The van der Waals surface area contributed by atoms with Gasteiger partial charge in [-0.25, -0.2) is 0 Å². The van der Waals surface area contributed by atoms with E-state index in [9.17, 15) is 0 Å². The van der Waals surface area contributed by atoms with Crippen LogP contribution < -0.4 is 5.32 Å². The number of nitrogens with one attached hydrogen (secondary N) is 1. The first kappa shape index (κ1) is 13.6. The topological polar surface area (TPSA) is 15.3 Å². The maximum Gasteiger partial charge on any atom is 0.0355 e. The molecule has 1 aliphatic heterocycles. The Morgan fingerprint density at radius 2 is 1.78 bits per heavy atom. The van der Waals surface area contributed by atoms with Crippen LogP contribution in [-0.4, -0.2) is 31.6 Å². The maximum absolute atomic E-state index is 3.48. The molecule has 1 saturated heterocycles. The first-order chi connectivity index (χ1) is 8.81. The molecule has 2 atom stereocenters. The van der Waals surface area contributed by atoms with E-state index in [2.05, 4.69) is 54.5 Å². The second-order valence-electron chi connectivity index (χ2n) is 5.52. The summed E-state index contributed by atoms with van der Waals surface area (Å²) >= 11 is 0. The van der Waals surface area contributed by atoms with Crippen molar-refractivity contribution >= 4 is 0 Å². The number of hydrogen-bond acceptors (Lipinski definition) is 2. The summed E-state index contributed by atoms with van der Waals surface area (Å²) in [4.78, 5) is 2.63. The fourth-order valence-corrected chi connectivity index (χ4v) is 3.09. The van der Waals surface area contributed by atoms with E-state index < -0.39 is 0 Å². The minimum Gasteiger partial charge on any atom is -0.313 e. The van der Waals surface area contributed by atoms with Crippen molar-refractivity contribution in [3.05, 3.63) is 35.9 Å². The summed E-state index contributed by atoms with van der Waals surface area (Å²) in [6.07, 6.45) is 4.17. The second kappa shape index (κ2) is 6.91. The van der Waals surface area contributed by atoms with Crippen molar-refractivity contribution in [1.29, 1.82) is 0 Å². The van der Waals surface area contributed by atoms with Crippen molar-refractivity contribution in [2.45, 2.75) is 32.2 Å². The Bertz CT molecular complexity index is 330. The van der Waals surface area contributed by atoms with Crippen molar-refractivity contribution in [2.75, 3.05) is 26.7 Å². The van der Waals surface area contributed by atoms with Crippen LogP contribution in [0.5, 0.6) is 0 Å². The Morgan fingerprint density at radius 3 is 2.39 bits per heavy atom. The molecule has 1 aromatic rings. The molecular formula is C16H26N2. The zero-order valence-electron chi connectivity index (χ0n) is 11.7. The van der Waals surface area contributed by atoms with Gasteiger partial charge in [-0.1, -0.05) is 43.7 Å². The second-order valence-corrected chi connectivity index (χ2v) is 5.52. The summed E-state index contributed by atoms with van der Waals surface area (Å²) in [7, 11) is 2.07. The number of hydrogen-bond donors (Lipinski definition) is 1. The molecule has 18 heavy (non-hydrogen) atoms. The Morgan fingerprint density at radius 1 is 1.11 bits per heavy atom. The molecule has 1 N–H and O–H groups in total. The van der Waals surface area contributed by atoms with Crippen LogP contribution in [0.4, 0.5) is 0 Å². The molecule has 2 heteroatoms. The summed E-state index contributed by atoms with van der Waals surface area (Å²) < 4.78 is 0. The highest BCUT2D eigenvalue weighted by Crippen LogP contribution is 2.23. The van der Waals surface area contributed by atoms with E-state index in [-0.39, 0.29) is 0 Å². The normalized spacial score (nSPS) is 20.6. The number of likely N-dealkylation sites (tertiary alicyclic amines) is 1. The third kappa shape index (κ3) is 3.56. The quantitative estimate of drug-likeness (QED) is 0.859. The first-order valence-electron chi connectivity index (χ1n) is 7.26. The number of rotatable bonds is 5. The first-order valence-corrected chi connectivity index (χ1v) is 7.26. The highest BCUT2D eigenvalue weighted by atomic mass is 15.1. The minimum absolute atomic E-state index is 0.466. The highest BCUT2D eigenvalue weighted by Gasteiger charge is 2.20. The van der Waals surface area contributed by atoms with Crippen LogP contribution in [0.15, 0.2) is 30.3 Å². The lowest BCUT2D eigenvalue weighted by atomic mass is 9.93. The minimum atomic E-state index is 0.466. The maximum atomic E-state index is 3.48. The third-order valence-corrected chi connectivity index (χ3v) is 4.03. The van der Waals surface area contributed by atoms with Gasteiger partial charge < -0.3 is 10.2 Å². The monoisotopic (exact) mass is 246 g/mol. The van der Waals surface area contributed by atoms with E-state index in [0.29, 0.717) is 12.0 Å². The van der Waals surface area contributed by atoms with Crippen molar-refractivity contribution in [1.82, 2.24) is 10.2 Å². The Labute approximate surface area is 111 Å². The molecule has 0 saturated carbocycles. The van der Waals surface area contributed by atoms with Gasteiger partial charge in [-0.15, -0.1) is 0 Å². The van der Waals surface area contributed by atoms with Crippen molar-refractivity contribution in [3.8, 4) is 0 Å². The molecule has 1 aromatic carbocycles. The van der Waals surface area contributed by atoms with Gasteiger partial charge in [-0.05, 0) is 44.5 Å². The van der Waals surface area contributed by atoms with Gasteiger partial charge in [0.25, 0.3) is 0 Å². The molecule has 100 valence electrons. The van der Waals surface area contributed by atoms with Crippen LogP contribution in [0.3, 0.4) is 0 Å². The van der Waals surface area contributed by atoms with Crippen molar-refractivity contribution < 1.29 is 0 Å². The molecule has 0 bridgehead atoms. The average Bonchev–Trinajstić information content (AvgIpc) is 2.42. The van der Waals surface area contributed by atoms with Crippen LogP contribution in [0.25, 0.3) is 0 Å². The Balaban J connectivity index is 1.94. The van der Waals surface area contributed by atoms with Gasteiger partial charge in [0.15, 0.2) is 0 Å². The molecule has 2 unspecified atom stereocenters. The van der Waals surface area contributed by atoms with Gasteiger partial charge in [-0.3, -0.25) is 0 Å². The van der Waals surface area contributed by atoms with Crippen LogP contribution in [0, 0.1) is 5.92 Å². The lowest BCUT2D eigenvalue weighted by Gasteiger charge is -2.32. The zero-order valence-corrected chi connectivity index (χ0v) is 11.7. The van der Waals surface area contributed by atoms with Gasteiger partial charge >= 0.3 is 0 Å². The molecule has 0 aromatic heterocycles. The zero-order chi connectivity index (χ0) is 12.8. The van der Waals surface area contributed by atoms with Crippen molar-refractivity contribution in [3.63, 3.8) is 0 Å². The smallest absolute Gasteiger partial charge is 0.0355 e. The fourth-order valence-electron chi connectivity index (χ4n) is 3.09. The SMILES string of the molecule is CNC(c1ccccc1)C(C)CN1CCCCC1. The number of benzene rings is 1. The molecule has 2 rings (SSSR count). The van der Waals surface area contributed by atoms with Crippen molar-refractivity contribution in [2.24, 2.45) is 5.92 Å². The molecule has 1 heterocycles.